The van der Waals surface area contributed by atoms with Crippen LogP contribution in [0.25, 0.3) is 0 Å². The monoisotopic (exact) mass is 415 g/mol. The van der Waals surface area contributed by atoms with E-state index in [9.17, 15) is 14.7 Å². The van der Waals surface area contributed by atoms with Crippen LogP contribution < -0.4 is 0 Å². The van der Waals surface area contributed by atoms with Gasteiger partial charge in [-0.2, -0.15) is 0 Å². The van der Waals surface area contributed by atoms with E-state index in [1.807, 2.05) is 61.2 Å². The van der Waals surface area contributed by atoms with Gasteiger partial charge in [0.25, 0.3) is 0 Å². The van der Waals surface area contributed by atoms with Gasteiger partial charge in [0.2, 0.25) is 5.91 Å². The number of hydrogen-bond donors (Lipinski definition) is 1. The minimum Gasteiger partial charge on any atom is -0.463 e. The highest BCUT2D eigenvalue weighted by Gasteiger charge is 2.25. The van der Waals surface area contributed by atoms with E-state index in [0.29, 0.717) is 19.3 Å². The van der Waals surface area contributed by atoms with Crippen LogP contribution in [0.1, 0.15) is 70.8 Å². The first-order valence-corrected chi connectivity index (χ1v) is 11.3. The zero-order chi connectivity index (χ0) is 21.8. The van der Waals surface area contributed by atoms with Crippen molar-refractivity contribution < 1.29 is 19.4 Å². The van der Waals surface area contributed by atoms with Gasteiger partial charge in [0.15, 0.2) is 0 Å². The van der Waals surface area contributed by atoms with Crippen LogP contribution in [0.3, 0.4) is 0 Å². The average Bonchev–Trinajstić information content (AvgIpc) is 2.70. The molecule has 1 fully saturated rings. The zero-order valence-corrected chi connectivity index (χ0v) is 18.5. The van der Waals surface area contributed by atoms with Gasteiger partial charge in [-0.05, 0) is 45.1 Å². The molecule has 1 aromatic carbocycles. The number of carbonyl (C=O) groups excluding carboxylic acids is 2. The highest BCUT2D eigenvalue weighted by molar-refractivity contribution is 5.77. The molecule has 1 amide bonds. The Morgan fingerprint density at radius 2 is 1.93 bits per heavy atom. The fraction of sp³-hybridized carbons (Fsp3) is 0.600. The number of nitrogens with zero attached hydrogens (tertiary/aromatic N) is 1. The predicted octanol–water partition coefficient (Wildman–Crippen LogP) is 4.43. The normalized spacial score (nSPS) is 18.2. The number of piperidine rings is 1. The van der Waals surface area contributed by atoms with Crippen LogP contribution in [-0.2, 0) is 20.7 Å². The van der Waals surface area contributed by atoms with Crippen LogP contribution in [0.4, 0.5) is 0 Å². The number of aliphatic hydroxyl groups excluding tert-OH is 1. The molecule has 5 nitrogen and oxygen atoms in total. The van der Waals surface area contributed by atoms with Crippen molar-refractivity contribution in [1.82, 2.24) is 4.90 Å². The molecule has 0 bridgehead atoms. The first kappa shape index (κ1) is 24.1. The Kier molecular flexibility index (Phi) is 10.6. The van der Waals surface area contributed by atoms with E-state index in [4.69, 9.17) is 4.74 Å². The second-order valence-corrected chi connectivity index (χ2v) is 8.39. The fourth-order valence-corrected chi connectivity index (χ4v) is 3.84. The molecule has 0 spiro atoms. The Labute approximate surface area is 181 Å². The maximum Gasteiger partial charge on any atom is 0.306 e. The molecule has 0 saturated carbocycles. The van der Waals surface area contributed by atoms with Gasteiger partial charge in [0.05, 0.1) is 18.2 Å². The van der Waals surface area contributed by atoms with Gasteiger partial charge in [0.1, 0.15) is 0 Å². The van der Waals surface area contributed by atoms with Crippen LogP contribution in [0.2, 0.25) is 0 Å². The molecule has 1 saturated heterocycles. The lowest BCUT2D eigenvalue weighted by Crippen LogP contribution is -2.43. The van der Waals surface area contributed by atoms with Gasteiger partial charge in [0, 0.05) is 25.8 Å². The molecule has 1 heterocycles. The average molecular weight is 416 g/mol. The quantitative estimate of drug-likeness (QED) is 0.312. The third-order valence-corrected chi connectivity index (χ3v) is 5.35. The van der Waals surface area contributed by atoms with Gasteiger partial charge < -0.3 is 14.7 Å². The molecule has 1 aliphatic rings. The van der Waals surface area contributed by atoms with Crippen molar-refractivity contribution in [2.24, 2.45) is 0 Å². The number of unbranched alkanes of at least 4 members (excludes halogenated alkanes) is 3. The van der Waals surface area contributed by atoms with Crippen LogP contribution in [0, 0.1) is 0 Å². The summed E-state index contributed by atoms with van der Waals surface area (Å²) in [4.78, 5) is 25.9. The smallest absolute Gasteiger partial charge is 0.306 e. The van der Waals surface area contributed by atoms with Crippen molar-refractivity contribution in [3.63, 3.8) is 0 Å². The van der Waals surface area contributed by atoms with Gasteiger partial charge >= 0.3 is 5.97 Å². The van der Waals surface area contributed by atoms with E-state index in [0.717, 1.165) is 50.6 Å². The van der Waals surface area contributed by atoms with Gasteiger partial charge in [-0.15, -0.1) is 0 Å². The molecule has 1 N–H and O–H groups in total. The number of hydrogen-bond acceptors (Lipinski definition) is 4. The molecule has 166 valence electrons. The summed E-state index contributed by atoms with van der Waals surface area (Å²) in [6, 6.07) is 10.00. The Balaban J connectivity index is 1.73. The third kappa shape index (κ3) is 9.12. The van der Waals surface area contributed by atoms with E-state index >= 15 is 0 Å². The molecule has 1 aromatic rings. The summed E-state index contributed by atoms with van der Waals surface area (Å²) in [6.45, 7) is 4.46. The highest BCUT2D eigenvalue weighted by atomic mass is 16.5. The summed E-state index contributed by atoms with van der Waals surface area (Å²) >= 11 is 0. The molecule has 1 aliphatic heterocycles. The van der Waals surface area contributed by atoms with Crippen molar-refractivity contribution in [3.05, 3.63) is 48.0 Å². The van der Waals surface area contributed by atoms with E-state index in [2.05, 4.69) is 0 Å². The third-order valence-electron chi connectivity index (χ3n) is 5.35. The molecular formula is C25H37NO4. The van der Waals surface area contributed by atoms with E-state index < -0.39 is 6.10 Å². The molecule has 30 heavy (non-hydrogen) atoms. The number of esters is 1. The molecular weight excluding hydrogens is 378 g/mol. The minimum atomic E-state index is -0.545. The maximum absolute atomic E-state index is 12.4. The summed E-state index contributed by atoms with van der Waals surface area (Å²) in [5.41, 5.74) is 1.10. The van der Waals surface area contributed by atoms with Crippen LogP contribution in [-0.4, -0.2) is 46.7 Å². The van der Waals surface area contributed by atoms with Crippen LogP contribution in [0.15, 0.2) is 42.5 Å². The van der Waals surface area contributed by atoms with Crippen LogP contribution in [0.5, 0.6) is 0 Å². The molecule has 0 aliphatic carbocycles. The fourth-order valence-electron chi connectivity index (χ4n) is 3.84. The predicted molar refractivity (Wildman–Crippen MR) is 119 cm³/mol. The number of aliphatic hydroxyl groups is 1. The molecule has 0 radical (unpaired) electrons. The number of amides is 1. The first-order chi connectivity index (χ1) is 14.5. The van der Waals surface area contributed by atoms with E-state index in [1.54, 1.807) is 0 Å². The minimum absolute atomic E-state index is 0.0567. The van der Waals surface area contributed by atoms with Crippen molar-refractivity contribution in [2.75, 3.05) is 6.54 Å². The molecule has 2 rings (SSSR count). The largest absolute Gasteiger partial charge is 0.463 e. The Morgan fingerprint density at radius 3 is 2.67 bits per heavy atom. The summed E-state index contributed by atoms with van der Waals surface area (Å²) < 4.78 is 5.14. The summed E-state index contributed by atoms with van der Waals surface area (Å²) in [5.74, 6) is 0.0735. The standard InChI is InChI=1S/C25H37NO4/c1-20(2)30-25(29)15-8-3-4-9-18-26-22(13-10-14-24(26)28)16-17-23(27)19-21-11-6-5-7-12-21/h5-7,11-12,16-17,20,22-23,27H,3-4,8-10,13-15,18-19H2,1-2H3/b17-16+/t22-,23?/m1/s1. The summed E-state index contributed by atoms with van der Waals surface area (Å²) in [7, 11) is 0. The Hall–Kier alpha value is -2.14. The summed E-state index contributed by atoms with van der Waals surface area (Å²) in [5, 5.41) is 10.3. The van der Waals surface area contributed by atoms with Crippen molar-refractivity contribution in [1.29, 1.82) is 0 Å². The maximum atomic E-state index is 12.4. The first-order valence-electron chi connectivity index (χ1n) is 11.3. The number of carbonyl (C=O) groups is 2. The van der Waals surface area contributed by atoms with Crippen molar-refractivity contribution >= 4 is 11.9 Å². The Bertz CT molecular complexity index is 671. The lowest BCUT2D eigenvalue weighted by molar-refractivity contribution is -0.147. The molecule has 5 heteroatoms. The molecule has 2 atom stereocenters. The zero-order valence-electron chi connectivity index (χ0n) is 18.5. The van der Waals surface area contributed by atoms with Crippen molar-refractivity contribution in [3.8, 4) is 0 Å². The second kappa shape index (κ2) is 13.2. The Morgan fingerprint density at radius 1 is 1.20 bits per heavy atom. The van der Waals surface area contributed by atoms with E-state index in [-0.39, 0.29) is 24.0 Å². The van der Waals surface area contributed by atoms with Gasteiger partial charge in [-0.1, -0.05) is 55.3 Å². The lowest BCUT2D eigenvalue weighted by atomic mass is 9.99. The molecule has 1 unspecified atom stereocenters. The van der Waals surface area contributed by atoms with Crippen LogP contribution >= 0.6 is 0 Å². The number of likely N-dealkylation sites (tertiary alicyclic amines) is 1. The number of ether oxygens (including phenoxy) is 1. The highest BCUT2D eigenvalue weighted by Crippen LogP contribution is 2.21. The van der Waals surface area contributed by atoms with Gasteiger partial charge in [-0.25, -0.2) is 0 Å². The summed E-state index contributed by atoms with van der Waals surface area (Å²) in [6.07, 6.45) is 10.5. The second-order valence-electron chi connectivity index (χ2n) is 8.39. The SMILES string of the molecule is CC(C)OC(=O)CCCCCCN1C(=O)CCC[C@@H]1/C=C/C(O)Cc1ccccc1. The topological polar surface area (TPSA) is 66.8 Å². The van der Waals surface area contributed by atoms with Crippen molar-refractivity contribution in [2.45, 2.75) is 89.9 Å². The number of benzene rings is 1. The number of rotatable bonds is 12. The molecule has 0 aromatic heterocycles. The van der Waals surface area contributed by atoms with E-state index in [1.165, 1.54) is 0 Å². The lowest BCUT2D eigenvalue weighted by Gasteiger charge is -2.34. The van der Waals surface area contributed by atoms with Gasteiger partial charge in [-0.3, -0.25) is 9.59 Å².